The minimum atomic E-state index is -1.18. The monoisotopic (exact) mass is 359 g/mol. The van der Waals surface area contributed by atoms with Gasteiger partial charge in [0.1, 0.15) is 5.76 Å². The summed E-state index contributed by atoms with van der Waals surface area (Å²) in [6.45, 7) is 1.98. The molecule has 1 heterocycles. The van der Waals surface area contributed by atoms with Crippen molar-refractivity contribution in [2.45, 2.75) is 62.1 Å². The van der Waals surface area contributed by atoms with Crippen LogP contribution < -0.4 is 5.32 Å². The van der Waals surface area contributed by atoms with Crippen molar-refractivity contribution in [2.75, 3.05) is 0 Å². The average molecular weight is 359 g/mol. The van der Waals surface area contributed by atoms with E-state index in [0.717, 1.165) is 23.3 Å². The van der Waals surface area contributed by atoms with Crippen molar-refractivity contribution < 1.29 is 13.4 Å². The van der Waals surface area contributed by atoms with Crippen molar-refractivity contribution in [3.63, 3.8) is 0 Å². The summed E-state index contributed by atoms with van der Waals surface area (Å²) in [4.78, 5) is 13.1. The molecule has 0 bridgehead atoms. The highest BCUT2D eigenvalue weighted by Gasteiger charge is 2.18. The van der Waals surface area contributed by atoms with Gasteiger partial charge in [0.25, 0.3) is 5.91 Å². The highest BCUT2D eigenvalue weighted by atomic mass is 32.2. The largest absolute Gasteiger partial charge is 0.455 e. The predicted molar refractivity (Wildman–Crippen MR) is 99.0 cm³/mol. The van der Waals surface area contributed by atoms with E-state index in [1.54, 1.807) is 12.1 Å². The Morgan fingerprint density at radius 2 is 1.92 bits per heavy atom. The maximum absolute atomic E-state index is 12.5. The molecule has 4 nitrogen and oxygen atoms in total. The normalized spacial score (nSPS) is 17.0. The lowest BCUT2D eigenvalue weighted by Crippen LogP contribution is -2.34. The fourth-order valence-corrected chi connectivity index (χ4v) is 4.36. The molecule has 1 saturated carbocycles. The van der Waals surface area contributed by atoms with Crippen LogP contribution in [0.4, 0.5) is 0 Å². The van der Waals surface area contributed by atoms with Crippen molar-refractivity contribution in [3.8, 4) is 0 Å². The highest BCUT2D eigenvalue weighted by molar-refractivity contribution is 7.84. The zero-order chi connectivity index (χ0) is 17.6. The molecule has 1 aromatic heterocycles. The van der Waals surface area contributed by atoms with Crippen LogP contribution in [0.1, 0.15) is 60.4 Å². The van der Waals surface area contributed by atoms with Gasteiger partial charge in [-0.1, -0.05) is 37.8 Å². The number of hydrogen-bond donors (Lipinski definition) is 1. The maximum atomic E-state index is 12.5. The summed E-state index contributed by atoms with van der Waals surface area (Å²) >= 11 is 0. The quantitative estimate of drug-likeness (QED) is 0.808. The molecular weight excluding hydrogens is 334 g/mol. The van der Waals surface area contributed by atoms with Gasteiger partial charge >= 0.3 is 0 Å². The molecule has 1 fully saturated rings. The molecule has 134 valence electrons. The molecule has 0 unspecified atom stereocenters. The third kappa shape index (κ3) is 5.05. The first-order valence-electron chi connectivity index (χ1n) is 8.96. The van der Waals surface area contributed by atoms with E-state index in [1.807, 2.05) is 31.2 Å². The summed E-state index contributed by atoms with van der Waals surface area (Å²) in [6.07, 6.45) is 6.92. The topological polar surface area (TPSA) is 59.3 Å². The molecule has 25 heavy (non-hydrogen) atoms. The molecule has 1 aliphatic rings. The molecule has 1 aromatic carbocycles. The number of amides is 1. The maximum Gasteiger partial charge on any atom is 0.287 e. The summed E-state index contributed by atoms with van der Waals surface area (Å²) in [7, 11) is -1.18. The van der Waals surface area contributed by atoms with Gasteiger partial charge in [-0.2, -0.15) is 0 Å². The first kappa shape index (κ1) is 17.9. The number of carbonyl (C=O) groups excluding carboxylic acids is 1. The lowest BCUT2D eigenvalue weighted by atomic mass is 10.1. The molecule has 3 rings (SSSR count). The Kier molecular flexibility index (Phi) is 6.08. The van der Waals surface area contributed by atoms with Gasteiger partial charge in [0.15, 0.2) is 5.76 Å². The minimum Gasteiger partial charge on any atom is -0.455 e. The lowest BCUT2D eigenvalue weighted by molar-refractivity contribution is 0.0904. The van der Waals surface area contributed by atoms with E-state index in [1.165, 1.54) is 25.7 Å². The Morgan fingerprint density at radius 3 is 2.64 bits per heavy atom. The van der Waals surface area contributed by atoms with Gasteiger partial charge in [-0.15, -0.1) is 0 Å². The Balaban J connectivity index is 1.59. The number of aryl methyl sites for hydroxylation is 1. The SMILES string of the molecule is Cc1cccc([S@@](=O)Cc2ccc(C(=O)NC3CCCCCC3)o2)c1. The Labute approximate surface area is 151 Å². The summed E-state index contributed by atoms with van der Waals surface area (Å²) in [5.74, 6) is 0.992. The summed E-state index contributed by atoms with van der Waals surface area (Å²) in [6, 6.07) is 11.3. The molecule has 0 aliphatic heterocycles. The minimum absolute atomic E-state index is 0.167. The van der Waals surface area contributed by atoms with Gasteiger partial charge in [-0.05, 0) is 49.6 Å². The molecular formula is C20H25NO3S. The molecule has 2 aromatic rings. The Morgan fingerprint density at radius 1 is 1.16 bits per heavy atom. The van der Waals surface area contributed by atoms with E-state index in [9.17, 15) is 9.00 Å². The van der Waals surface area contributed by atoms with E-state index in [4.69, 9.17) is 4.42 Å². The van der Waals surface area contributed by atoms with Crippen LogP contribution in [0, 0.1) is 6.92 Å². The van der Waals surface area contributed by atoms with Gasteiger partial charge < -0.3 is 9.73 Å². The van der Waals surface area contributed by atoms with Gasteiger partial charge in [-0.25, -0.2) is 0 Å². The van der Waals surface area contributed by atoms with Crippen LogP contribution in [0.3, 0.4) is 0 Å². The number of nitrogens with one attached hydrogen (secondary N) is 1. The third-order valence-electron chi connectivity index (χ3n) is 4.60. The number of furan rings is 1. The van der Waals surface area contributed by atoms with E-state index < -0.39 is 10.8 Å². The molecule has 1 aliphatic carbocycles. The van der Waals surface area contributed by atoms with E-state index in [0.29, 0.717) is 11.5 Å². The fourth-order valence-electron chi connectivity index (χ4n) is 3.23. The smallest absolute Gasteiger partial charge is 0.287 e. The number of carbonyl (C=O) groups is 1. The van der Waals surface area contributed by atoms with Gasteiger partial charge in [-0.3, -0.25) is 9.00 Å². The van der Waals surface area contributed by atoms with Crippen molar-refractivity contribution in [2.24, 2.45) is 0 Å². The Bertz CT molecular complexity index is 745. The second-order valence-corrected chi connectivity index (χ2v) is 8.19. The van der Waals surface area contributed by atoms with Crippen LogP contribution in [0.2, 0.25) is 0 Å². The molecule has 5 heteroatoms. The molecule has 0 radical (unpaired) electrons. The molecule has 0 spiro atoms. The number of rotatable bonds is 5. The Hall–Kier alpha value is -1.88. The first-order valence-corrected chi connectivity index (χ1v) is 10.3. The molecule has 1 amide bonds. The van der Waals surface area contributed by atoms with Crippen LogP contribution in [0.15, 0.2) is 45.7 Å². The molecule has 0 saturated heterocycles. The first-order chi connectivity index (χ1) is 12.1. The lowest BCUT2D eigenvalue weighted by Gasteiger charge is -2.14. The average Bonchev–Trinajstić information content (AvgIpc) is 2.91. The third-order valence-corrected chi connectivity index (χ3v) is 5.93. The van der Waals surface area contributed by atoms with Gasteiger partial charge in [0.2, 0.25) is 0 Å². The van der Waals surface area contributed by atoms with Crippen molar-refractivity contribution in [1.29, 1.82) is 0 Å². The van der Waals surface area contributed by atoms with Crippen LogP contribution in [-0.4, -0.2) is 16.2 Å². The van der Waals surface area contributed by atoms with Gasteiger partial charge in [0, 0.05) is 10.9 Å². The second kappa shape index (κ2) is 8.48. The van der Waals surface area contributed by atoms with Crippen molar-refractivity contribution >= 4 is 16.7 Å². The van der Waals surface area contributed by atoms with Crippen LogP contribution in [-0.2, 0) is 16.6 Å². The predicted octanol–water partition coefficient (Wildman–Crippen LogP) is 4.35. The van der Waals surface area contributed by atoms with Crippen molar-refractivity contribution in [1.82, 2.24) is 5.32 Å². The van der Waals surface area contributed by atoms with E-state index >= 15 is 0 Å². The van der Waals surface area contributed by atoms with Crippen LogP contribution in [0.5, 0.6) is 0 Å². The van der Waals surface area contributed by atoms with Crippen molar-refractivity contribution in [3.05, 3.63) is 53.5 Å². The van der Waals surface area contributed by atoms with Gasteiger partial charge in [0.05, 0.1) is 16.6 Å². The van der Waals surface area contributed by atoms with Crippen LogP contribution >= 0.6 is 0 Å². The zero-order valence-corrected chi connectivity index (χ0v) is 15.4. The van der Waals surface area contributed by atoms with E-state index in [2.05, 4.69) is 5.32 Å². The number of benzene rings is 1. The highest BCUT2D eigenvalue weighted by Crippen LogP contribution is 2.19. The second-order valence-electron chi connectivity index (χ2n) is 6.73. The fraction of sp³-hybridized carbons (Fsp3) is 0.450. The molecule has 1 N–H and O–H groups in total. The summed E-state index contributed by atoms with van der Waals surface area (Å²) in [5, 5.41) is 3.07. The summed E-state index contributed by atoms with van der Waals surface area (Å²) in [5.41, 5.74) is 1.08. The zero-order valence-electron chi connectivity index (χ0n) is 14.6. The summed E-state index contributed by atoms with van der Waals surface area (Å²) < 4.78 is 18.1. The van der Waals surface area contributed by atoms with Crippen LogP contribution in [0.25, 0.3) is 0 Å². The van der Waals surface area contributed by atoms with E-state index in [-0.39, 0.29) is 17.7 Å². The number of hydrogen-bond acceptors (Lipinski definition) is 3. The molecule has 1 atom stereocenters. The standard InChI is InChI=1S/C20H25NO3S/c1-15-7-6-10-18(13-15)25(23)14-17-11-12-19(24-17)20(22)21-16-8-4-2-3-5-9-16/h6-7,10-13,16H,2-5,8-9,14H2,1H3,(H,21,22)/t25-/m0/s1.